The quantitative estimate of drug-likeness (QED) is 0.812. The SMILES string of the molecule is CN(CCCn1ccnc1)C1CCN(c2ncccn2)CC1. The van der Waals surface area contributed by atoms with Gasteiger partial charge in [0, 0.05) is 50.5 Å². The van der Waals surface area contributed by atoms with E-state index in [1.165, 1.54) is 12.8 Å². The minimum absolute atomic E-state index is 0.669. The molecule has 2 aromatic rings. The second-order valence-electron chi connectivity index (χ2n) is 5.90. The summed E-state index contributed by atoms with van der Waals surface area (Å²) >= 11 is 0. The van der Waals surface area contributed by atoms with E-state index in [0.717, 1.165) is 38.5 Å². The molecular weight excluding hydrogens is 276 g/mol. The van der Waals surface area contributed by atoms with Gasteiger partial charge in [-0.25, -0.2) is 15.0 Å². The van der Waals surface area contributed by atoms with Crippen molar-refractivity contribution >= 4 is 5.95 Å². The number of aromatic nitrogens is 4. The molecule has 6 heteroatoms. The molecular formula is C16H24N6. The second-order valence-corrected chi connectivity index (χ2v) is 5.90. The van der Waals surface area contributed by atoms with E-state index in [1.807, 2.05) is 37.2 Å². The molecule has 0 saturated carbocycles. The molecule has 1 saturated heterocycles. The van der Waals surface area contributed by atoms with Gasteiger partial charge in [0.2, 0.25) is 5.95 Å². The van der Waals surface area contributed by atoms with Gasteiger partial charge >= 0.3 is 0 Å². The lowest BCUT2D eigenvalue weighted by atomic mass is 10.0. The van der Waals surface area contributed by atoms with Crippen LogP contribution >= 0.6 is 0 Å². The standard InChI is InChI=1S/C16H24N6/c1-20(9-3-10-21-13-8-17-14-21)15-4-11-22(12-5-15)16-18-6-2-7-19-16/h2,6-8,13-15H,3-5,9-12H2,1H3. The van der Waals surface area contributed by atoms with E-state index in [1.54, 1.807) is 0 Å². The summed E-state index contributed by atoms with van der Waals surface area (Å²) in [6.45, 7) is 4.26. The molecule has 0 atom stereocenters. The molecule has 0 unspecified atom stereocenters. The Hall–Kier alpha value is -1.95. The Morgan fingerprint density at radius 2 is 1.95 bits per heavy atom. The van der Waals surface area contributed by atoms with Crippen molar-refractivity contribution in [1.82, 2.24) is 24.4 Å². The maximum atomic E-state index is 4.34. The van der Waals surface area contributed by atoms with Gasteiger partial charge in [-0.2, -0.15) is 0 Å². The maximum absolute atomic E-state index is 4.34. The fourth-order valence-corrected chi connectivity index (χ4v) is 3.07. The number of piperidine rings is 1. The highest BCUT2D eigenvalue weighted by molar-refractivity contribution is 5.29. The monoisotopic (exact) mass is 300 g/mol. The van der Waals surface area contributed by atoms with Crippen LogP contribution in [0, 0.1) is 0 Å². The Kier molecular flexibility index (Phi) is 5.00. The number of anilines is 1. The van der Waals surface area contributed by atoms with Crippen molar-refractivity contribution in [1.29, 1.82) is 0 Å². The maximum Gasteiger partial charge on any atom is 0.225 e. The zero-order valence-corrected chi connectivity index (χ0v) is 13.2. The first-order chi connectivity index (χ1) is 10.8. The van der Waals surface area contributed by atoms with Gasteiger partial charge in [0.15, 0.2) is 0 Å². The summed E-state index contributed by atoms with van der Waals surface area (Å²) in [6, 6.07) is 2.53. The summed E-state index contributed by atoms with van der Waals surface area (Å²) in [7, 11) is 2.24. The lowest BCUT2D eigenvalue weighted by Crippen LogP contribution is -2.44. The van der Waals surface area contributed by atoms with Crippen molar-refractivity contribution in [2.75, 3.05) is 31.6 Å². The van der Waals surface area contributed by atoms with E-state index in [4.69, 9.17) is 0 Å². The van der Waals surface area contributed by atoms with E-state index in [2.05, 4.69) is 36.4 Å². The minimum atomic E-state index is 0.669. The van der Waals surface area contributed by atoms with Gasteiger partial charge in [-0.3, -0.25) is 0 Å². The Morgan fingerprint density at radius 1 is 1.18 bits per heavy atom. The fraction of sp³-hybridized carbons (Fsp3) is 0.562. The highest BCUT2D eigenvalue weighted by Gasteiger charge is 2.23. The molecule has 6 nitrogen and oxygen atoms in total. The van der Waals surface area contributed by atoms with E-state index in [9.17, 15) is 0 Å². The molecule has 3 rings (SSSR count). The van der Waals surface area contributed by atoms with Crippen LogP contribution in [-0.2, 0) is 6.54 Å². The predicted octanol–water partition coefficient (Wildman–Crippen LogP) is 1.66. The molecule has 1 aliphatic heterocycles. The van der Waals surface area contributed by atoms with Crippen molar-refractivity contribution < 1.29 is 0 Å². The first-order valence-electron chi connectivity index (χ1n) is 8.01. The lowest BCUT2D eigenvalue weighted by molar-refractivity contribution is 0.202. The summed E-state index contributed by atoms with van der Waals surface area (Å²) < 4.78 is 2.14. The highest BCUT2D eigenvalue weighted by Crippen LogP contribution is 2.18. The number of imidazole rings is 1. The van der Waals surface area contributed by atoms with Gasteiger partial charge < -0.3 is 14.4 Å². The van der Waals surface area contributed by atoms with Gasteiger partial charge in [0.05, 0.1) is 6.33 Å². The molecule has 2 aromatic heterocycles. The number of aryl methyl sites for hydroxylation is 1. The molecule has 118 valence electrons. The van der Waals surface area contributed by atoms with Crippen LogP contribution in [0.15, 0.2) is 37.2 Å². The van der Waals surface area contributed by atoms with Gasteiger partial charge in [0.25, 0.3) is 0 Å². The van der Waals surface area contributed by atoms with Crippen molar-refractivity contribution in [3.05, 3.63) is 37.2 Å². The molecule has 1 fully saturated rings. The molecule has 0 aliphatic carbocycles. The first-order valence-corrected chi connectivity index (χ1v) is 8.01. The normalized spacial score (nSPS) is 16.4. The Labute approximate surface area is 131 Å². The molecule has 0 bridgehead atoms. The van der Waals surface area contributed by atoms with Crippen LogP contribution in [0.25, 0.3) is 0 Å². The predicted molar refractivity (Wildman–Crippen MR) is 86.7 cm³/mol. The van der Waals surface area contributed by atoms with E-state index < -0.39 is 0 Å². The number of rotatable bonds is 6. The molecule has 1 aliphatic rings. The smallest absolute Gasteiger partial charge is 0.225 e. The van der Waals surface area contributed by atoms with Crippen molar-refractivity contribution in [2.45, 2.75) is 31.8 Å². The third kappa shape index (κ3) is 3.82. The van der Waals surface area contributed by atoms with E-state index in [0.29, 0.717) is 6.04 Å². The number of hydrogen-bond donors (Lipinski definition) is 0. The molecule has 0 radical (unpaired) electrons. The van der Waals surface area contributed by atoms with Crippen molar-refractivity contribution in [3.8, 4) is 0 Å². The van der Waals surface area contributed by atoms with Gasteiger partial charge in [-0.1, -0.05) is 0 Å². The van der Waals surface area contributed by atoms with Crippen LogP contribution in [0.4, 0.5) is 5.95 Å². The summed E-state index contributed by atoms with van der Waals surface area (Å²) in [6.07, 6.45) is 12.9. The number of nitrogens with zero attached hydrogens (tertiary/aromatic N) is 6. The average molecular weight is 300 g/mol. The van der Waals surface area contributed by atoms with Gasteiger partial charge in [0.1, 0.15) is 0 Å². The van der Waals surface area contributed by atoms with Crippen LogP contribution in [0.1, 0.15) is 19.3 Å². The molecule has 0 N–H and O–H groups in total. The van der Waals surface area contributed by atoms with E-state index >= 15 is 0 Å². The molecule has 0 spiro atoms. The summed E-state index contributed by atoms with van der Waals surface area (Å²) in [5, 5.41) is 0. The summed E-state index contributed by atoms with van der Waals surface area (Å²) in [5.41, 5.74) is 0. The average Bonchev–Trinajstić information content (AvgIpc) is 3.09. The second kappa shape index (κ2) is 7.35. The Morgan fingerprint density at radius 3 is 2.64 bits per heavy atom. The molecule has 0 aromatic carbocycles. The highest BCUT2D eigenvalue weighted by atomic mass is 15.3. The third-order valence-corrected chi connectivity index (χ3v) is 4.41. The van der Waals surface area contributed by atoms with Gasteiger partial charge in [-0.15, -0.1) is 0 Å². The number of hydrogen-bond acceptors (Lipinski definition) is 5. The third-order valence-electron chi connectivity index (χ3n) is 4.41. The van der Waals surface area contributed by atoms with Crippen LogP contribution in [-0.4, -0.2) is 57.1 Å². The first kappa shape index (κ1) is 15.0. The summed E-state index contributed by atoms with van der Waals surface area (Å²) in [5.74, 6) is 0.865. The zero-order valence-electron chi connectivity index (χ0n) is 13.2. The fourth-order valence-electron chi connectivity index (χ4n) is 3.07. The van der Waals surface area contributed by atoms with E-state index in [-0.39, 0.29) is 0 Å². The zero-order chi connectivity index (χ0) is 15.2. The summed E-state index contributed by atoms with van der Waals surface area (Å²) in [4.78, 5) is 17.6. The van der Waals surface area contributed by atoms with Crippen LogP contribution in [0.3, 0.4) is 0 Å². The Balaban J connectivity index is 1.41. The van der Waals surface area contributed by atoms with Crippen LogP contribution in [0.2, 0.25) is 0 Å². The lowest BCUT2D eigenvalue weighted by Gasteiger charge is -2.36. The Bertz CT molecular complexity index is 533. The largest absolute Gasteiger partial charge is 0.341 e. The van der Waals surface area contributed by atoms with Crippen molar-refractivity contribution in [3.63, 3.8) is 0 Å². The van der Waals surface area contributed by atoms with Crippen LogP contribution < -0.4 is 4.90 Å². The topological polar surface area (TPSA) is 50.1 Å². The van der Waals surface area contributed by atoms with Crippen molar-refractivity contribution in [2.24, 2.45) is 0 Å². The molecule has 0 amide bonds. The molecule has 22 heavy (non-hydrogen) atoms. The molecule has 3 heterocycles. The minimum Gasteiger partial charge on any atom is -0.341 e. The van der Waals surface area contributed by atoms with Gasteiger partial charge in [-0.05, 0) is 38.9 Å². The van der Waals surface area contributed by atoms with Crippen LogP contribution in [0.5, 0.6) is 0 Å².